The van der Waals surface area contributed by atoms with E-state index >= 15 is 0 Å². The maximum Gasteiger partial charge on any atom is 0.416 e. The number of carbonyl (C=O) groups excluding carboxylic acids is 1. The van der Waals surface area contributed by atoms with E-state index in [1.807, 2.05) is 47.0 Å². The first-order chi connectivity index (χ1) is 19.5. The summed E-state index contributed by atoms with van der Waals surface area (Å²) >= 11 is 0. The smallest absolute Gasteiger partial charge is 0.348 e. The van der Waals surface area contributed by atoms with Gasteiger partial charge in [0.1, 0.15) is 0 Å². The van der Waals surface area contributed by atoms with Crippen molar-refractivity contribution >= 4 is 26.6 Å². The van der Waals surface area contributed by atoms with Crippen LogP contribution in [0.5, 0.6) is 0 Å². The van der Waals surface area contributed by atoms with E-state index in [0.29, 0.717) is 12.0 Å². The Morgan fingerprint density at radius 3 is 2.12 bits per heavy atom. The summed E-state index contributed by atoms with van der Waals surface area (Å²) < 4.78 is 65.2. The average Bonchev–Trinajstić information content (AvgIpc) is 3.33. The number of carbonyl (C=O) groups is 1. The Bertz CT molecular complexity index is 1790. The number of amides is 1. The van der Waals surface area contributed by atoms with Crippen LogP contribution in [-0.2, 0) is 29.0 Å². The lowest BCUT2D eigenvalue weighted by molar-refractivity contribution is -0.137. The third-order valence-corrected chi connectivity index (χ3v) is 8.69. The number of nitrogens with zero attached hydrogens (tertiary/aromatic N) is 1. The lowest BCUT2D eigenvalue weighted by atomic mass is 10.1. The first-order valence-corrected chi connectivity index (χ1v) is 14.7. The minimum Gasteiger partial charge on any atom is -0.348 e. The molecule has 0 unspecified atom stereocenters. The van der Waals surface area contributed by atoms with Crippen LogP contribution in [0.25, 0.3) is 16.6 Å². The van der Waals surface area contributed by atoms with Gasteiger partial charge < -0.3 is 9.88 Å². The molecule has 0 bridgehead atoms. The van der Waals surface area contributed by atoms with Crippen LogP contribution >= 0.6 is 0 Å². The molecule has 0 saturated heterocycles. The highest BCUT2D eigenvalue weighted by Gasteiger charge is 2.30. The number of sulfone groups is 1. The van der Waals surface area contributed by atoms with Crippen LogP contribution in [0.1, 0.15) is 39.7 Å². The molecule has 0 spiro atoms. The molecule has 9 heteroatoms. The monoisotopic (exact) mass is 576 g/mol. The van der Waals surface area contributed by atoms with E-state index in [-0.39, 0.29) is 23.1 Å². The quantitative estimate of drug-likeness (QED) is 0.217. The lowest BCUT2D eigenvalue weighted by Gasteiger charge is -2.12. The maximum absolute atomic E-state index is 13.0. The van der Waals surface area contributed by atoms with Crippen molar-refractivity contribution in [1.29, 1.82) is 0 Å². The Morgan fingerprint density at radius 1 is 0.829 bits per heavy atom. The molecule has 1 heterocycles. The number of rotatable bonds is 8. The van der Waals surface area contributed by atoms with Crippen LogP contribution in [0.2, 0.25) is 0 Å². The second kappa shape index (κ2) is 11.2. The minimum absolute atomic E-state index is 0.0175. The summed E-state index contributed by atoms with van der Waals surface area (Å²) in [6.45, 7) is 1.82. The number of benzene rings is 4. The summed E-state index contributed by atoms with van der Waals surface area (Å²) in [6, 6.07) is 28.5. The van der Waals surface area contributed by atoms with E-state index in [1.165, 1.54) is 24.3 Å². The van der Waals surface area contributed by atoms with Crippen molar-refractivity contribution in [3.05, 3.63) is 131 Å². The molecule has 5 aromatic rings. The van der Waals surface area contributed by atoms with Crippen LogP contribution in [0.3, 0.4) is 0 Å². The zero-order valence-corrected chi connectivity index (χ0v) is 23.0. The van der Waals surface area contributed by atoms with E-state index < -0.39 is 21.6 Å². The van der Waals surface area contributed by atoms with Crippen molar-refractivity contribution in [3.8, 4) is 5.69 Å². The number of aromatic nitrogens is 1. The molecule has 210 valence electrons. The average molecular weight is 577 g/mol. The third kappa shape index (κ3) is 6.20. The summed E-state index contributed by atoms with van der Waals surface area (Å²) in [5, 5.41) is 3.69. The highest BCUT2D eigenvalue weighted by atomic mass is 32.2. The maximum atomic E-state index is 13.0. The fraction of sp³-hybridized carbons (Fsp3) is 0.156. The van der Waals surface area contributed by atoms with E-state index in [0.717, 1.165) is 45.5 Å². The summed E-state index contributed by atoms with van der Waals surface area (Å²) in [6.07, 6.45) is -4.00. The Morgan fingerprint density at radius 2 is 1.49 bits per heavy atom. The molecule has 4 aromatic carbocycles. The van der Waals surface area contributed by atoms with Crippen molar-refractivity contribution in [2.45, 2.75) is 31.0 Å². The fourth-order valence-corrected chi connectivity index (χ4v) is 5.60. The van der Waals surface area contributed by atoms with Crippen LogP contribution in [0.4, 0.5) is 13.2 Å². The Balaban J connectivity index is 1.40. The van der Waals surface area contributed by atoms with Gasteiger partial charge >= 0.3 is 6.18 Å². The zero-order chi connectivity index (χ0) is 29.2. The van der Waals surface area contributed by atoms with Gasteiger partial charge in [-0.3, -0.25) is 4.79 Å². The minimum atomic E-state index is -4.40. The molecule has 0 fully saturated rings. The molecule has 1 amide bonds. The van der Waals surface area contributed by atoms with Gasteiger partial charge in [-0.25, -0.2) is 8.42 Å². The molecular weight excluding hydrogens is 549 g/mol. The summed E-state index contributed by atoms with van der Waals surface area (Å²) in [7, 11) is -3.29. The standard InChI is InChI=1S/C32H27F3N2O3S/c1-2-41(39,40)29-15-10-23(11-16-29)21-36-31(38)24-12-17-30-25(19-24)20-28(37(30)27-6-4-3-5-7-27)18-22-8-13-26(14-9-22)32(33,34)35/h3-17,19-20H,2,18,21H2,1H3,(H,36,38). The van der Waals surface area contributed by atoms with E-state index in [2.05, 4.69) is 5.32 Å². The highest BCUT2D eigenvalue weighted by molar-refractivity contribution is 7.91. The fourth-order valence-electron chi connectivity index (χ4n) is 4.71. The van der Waals surface area contributed by atoms with Crippen LogP contribution < -0.4 is 5.32 Å². The number of alkyl halides is 3. The van der Waals surface area contributed by atoms with Crippen molar-refractivity contribution in [1.82, 2.24) is 9.88 Å². The lowest BCUT2D eigenvalue weighted by Crippen LogP contribution is -2.22. The van der Waals surface area contributed by atoms with Gasteiger partial charge in [0, 0.05) is 35.3 Å². The second-order valence-corrected chi connectivity index (χ2v) is 12.0. The first-order valence-electron chi connectivity index (χ1n) is 13.0. The van der Waals surface area contributed by atoms with Crippen molar-refractivity contribution in [3.63, 3.8) is 0 Å². The van der Waals surface area contributed by atoms with Crippen LogP contribution in [0, 0.1) is 0 Å². The number of fused-ring (bicyclic) bond motifs is 1. The number of para-hydroxylation sites is 1. The van der Waals surface area contributed by atoms with Gasteiger partial charge in [0.2, 0.25) is 0 Å². The zero-order valence-electron chi connectivity index (χ0n) is 22.2. The van der Waals surface area contributed by atoms with Gasteiger partial charge in [0.25, 0.3) is 5.91 Å². The van der Waals surface area contributed by atoms with Crippen LogP contribution in [0.15, 0.2) is 108 Å². The van der Waals surface area contributed by atoms with Crippen molar-refractivity contribution < 1.29 is 26.4 Å². The predicted octanol–water partition coefficient (Wildman–Crippen LogP) is 6.96. The number of hydrogen-bond donors (Lipinski definition) is 1. The normalized spacial score (nSPS) is 12.0. The van der Waals surface area contributed by atoms with Crippen molar-refractivity contribution in [2.24, 2.45) is 0 Å². The van der Waals surface area contributed by atoms with E-state index in [4.69, 9.17) is 0 Å². The number of hydrogen-bond acceptors (Lipinski definition) is 3. The molecule has 1 aromatic heterocycles. The molecule has 1 N–H and O–H groups in total. The van der Waals surface area contributed by atoms with E-state index in [9.17, 15) is 26.4 Å². The molecule has 0 saturated carbocycles. The number of nitrogens with one attached hydrogen (secondary N) is 1. The van der Waals surface area contributed by atoms with Gasteiger partial charge in [-0.05, 0) is 71.8 Å². The summed E-state index contributed by atoms with van der Waals surface area (Å²) in [4.78, 5) is 13.2. The highest BCUT2D eigenvalue weighted by Crippen LogP contribution is 2.31. The van der Waals surface area contributed by atoms with Gasteiger partial charge in [-0.15, -0.1) is 0 Å². The molecule has 0 aliphatic rings. The van der Waals surface area contributed by atoms with Gasteiger partial charge in [-0.2, -0.15) is 13.2 Å². The second-order valence-electron chi connectivity index (χ2n) is 9.68. The molecule has 0 aliphatic carbocycles. The SMILES string of the molecule is CCS(=O)(=O)c1ccc(CNC(=O)c2ccc3c(c2)cc(Cc2ccc(C(F)(F)F)cc2)n3-c2ccccc2)cc1. The molecule has 5 rings (SSSR count). The number of halogens is 3. The molecule has 0 aliphatic heterocycles. The van der Waals surface area contributed by atoms with Crippen molar-refractivity contribution in [2.75, 3.05) is 5.75 Å². The van der Waals surface area contributed by atoms with Gasteiger partial charge in [0.15, 0.2) is 9.84 Å². The Kier molecular flexibility index (Phi) is 7.73. The molecule has 0 atom stereocenters. The van der Waals surface area contributed by atoms with E-state index in [1.54, 1.807) is 31.2 Å². The Hall–Kier alpha value is -4.37. The summed E-state index contributed by atoms with van der Waals surface area (Å²) in [5.41, 5.74) is 3.89. The van der Waals surface area contributed by atoms with Crippen LogP contribution in [-0.4, -0.2) is 24.6 Å². The van der Waals surface area contributed by atoms with Gasteiger partial charge in [0.05, 0.1) is 21.7 Å². The predicted molar refractivity (Wildman–Crippen MR) is 153 cm³/mol. The first kappa shape index (κ1) is 28.2. The molecule has 0 radical (unpaired) electrons. The Labute approximate surface area is 236 Å². The third-order valence-electron chi connectivity index (χ3n) is 6.94. The largest absolute Gasteiger partial charge is 0.416 e. The topological polar surface area (TPSA) is 68.2 Å². The molecule has 5 nitrogen and oxygen atoms in total. The van der Waals surface area contributed by atoms with Gasteiger partial charge in [-0.1, -0.05) is 49.4 Å². The summed E-state index contributed by atoms with van der Waals surface area (Å²) in [5.74, 6) is -0.266. The molecule has 41 heavy (non-hydrogen) atoms. The molecular formula is C32H27F3N2O3S.